The minimum absolute atomic E-state index is 0.133. The van der Waals surface area contributed by atoms with Crippen LogP contribution in [0.15, 0.2) is 0 Å². The maximum Gasteiger partial charge on any atom is 0.224 e. The lowest BCUT2D eigenvalue weighted by Crippen LogP contribution is -2.46. The number of aliphatic hydroxyl groups is 1. The van der Waals surface area contributed by atoms with Crippen molar-refractivity contribution < 1.29 is 28.8 Å². The van der Waals surface area contributed by atoms with Gasteiger partial charge in [-0.15, -0.1) is 0 Å². The van der Waals surface area contributed by atoms with E-state index < -0.39 is 23.5 Å². The monoisotopic (exact) mass is 260 g/mol. The van der Waals surface area contributed by atoms with Gasteiger partial charge in [0.05, 0.1) is 6.61 Å². The van der Waals surface area contributed by atoms with Crippen LogP contribution in [0.2, 0.25) is 0 Å². The van der Waals surface area contributed by atoms with E-state index in [9.17, 15) is 5.11 Å². The van der Waals surface area contributed by atoms with Crippen molar-refractivity contribution in [3.63, 3.8) is 0 Å². The van der Waals surface area contributed by atoms with Crippen molar-refractivity contribution in [2.45, 2.75) is 63.4 Å². The zero-order valence-electron chi connectivity index (χ0n) is 11.1. The van der Waals surface area contributed by atoms with E-state index in [-0.39, 0.29) is 25.4 Å². The second-order valence-electron chi connectivity index (χ2n) is 5.96. The lowest BCUT2D eigenvalue weighted by molar-refractivity contribution is -0.298. The number of hydrogen-bond acceptors (Lipinski definition) is 6. The largest absolute Gasteiger partial charge is 0.394 e. The summed E-state index contributed by atoms with van der Waals surface area (Å²) in [5.74, 6) is -2.39. The van der Waals surface area contributed by atoms with Crippen LogP contribution in [0.1, 0.15) is 27.7 Å². The lowest BCUT2D eigenvalue weighted by atomic mass is 10.1. The number of hydrogen-bond donors (Lipinski definition) is 1. The summed E-state index contributed by atoms with van der Waals surface area (Å²) in [6.45, 7) is 7.48. The Morgan fingerprint density at radius 1 is 1.06 bits per heavy atom. The second-order valence-corrected chi connectivity index (χ2v) is 5.96. The Morgan fingerprint density at radius 2 is 1.78 bits per heavy atom. The maximum absolute atomic E-state index is 9.40. The molecule has 0 amide bonds. The van der Waals surface area contributed by atoms with E-state index in [2.05, 4.69) is 0 Å². The molecular weight excluding hydrogens is 240 g/mol. The quantitative estimate of drug-likeness (QED) is 0.735. The molecule has 104 valence electrons. The molecular formula is C12H20O6. The third-order valence-electron chi connectivity index (χ3n) is 3.50. The fourth-order valence-electron chi connectivity index (χ4n) is 2.88. The minimum atomic E-state index is -0.977. The van der Waals surface area contributed by atoms with Gasteiger partial charge in [-0.2, -0.15) is 0 Å². The molecule has 3 aliphatic heterocycles. The fourth-order valence-corrected chi connectivity index (χ4v) is 2.88. The van der Waals surface area contributed by atoms with Crippen molar-refractivity contribution in [2.75, 3.05) is 13.2 Å². The molecule has 6 nitrogen and oxygen atoms in total. The average Bonchev–Trinajstić information content (AvgIpc) is 2.81. The van der Waals surface area contributed by atoms with E-state index in [4.69, 9.17) is 23.7 Å². The Kier molecular flexibility index (Phi) is 2.59. The second kappa shape index (κ2) is 3.65. The molecule has 0 aromatic carbocycles. The molecule has 0 radical (unpaired) electrons. The zero-order chi connectivity index (χ0) is 13.2. The Hall–Kier alpha value is -0.240. The van der Waals surface area contributed by atoms with E-state index in [0.717, 1.165) is 0 Å². The molecule has 3 aliphatic rings. The standard InChI is InChI=1S/C12H20O6/c1-10(2)14-6-12(18-10)9-8(7(5-13)15-12)16-11(3,4)17-9/h7-9,13H,5-6H2,1-4H3/t7-,8+,9+,12-/m1/s1. The van der Waals surface area contributed by atoms with Crippen LogP contribution in [-0.4, -0.2) is 54.0 Å². The molecule has 0 unspecified atom stereocenters. The predicted octanol–water partition coefficient (Wildman–Crippen LogP) is 0.377. The summed E-state index contributed by atoms with van der Waals surface area (Å²) in [7, 11) is 0. The van der Waals surface area contributed by atoms with Gasteiger partial charge in [0.25, 0.3) is 0 Å². The van der Waals surface area contributed by atoms with Crippen molar-refractivity contribution in [3.05, 3.63) is 0 Å². The molecule has 1 spiro atoms. The Bertz CT molecular complexity index is 354. The summed E-state index contributed by atoms with van der Waals surface area (Å²) in [4.78, 5) is 0. The summed E-state index contributed by atoms with van der Waals surface area (Å²) >= 11 is 0. The highest BCUT2D eigenvalue weighted by Crippen LogP contribution is 2.49. The van der Waals surface area contributed by atoms with Gasteiger partial charge in [0.15, 0.2) is 11.6 Å². The molecule has 3 fully saturated rings. The van der Waals surface area contributed by atoms with E-state index in [1.807, 2.05) is 27.7 Å². The highest BCUT2D eigenvalue weighted by Gasteiger charge is 2.67. The zero-order valence-corrected chi connectivity index (χ0v) is 11.1. The van der Waals surface area contributed by atoms with Gasteiger partial charge in [-0.1, -0.05) is 0 Å². The Labute approximate surface area is 106 Å². The molecule has 6 heteroatoms. The van der Waals surface area contributed by atoms with Gasteiger partial charge in [0, 0.05) is 0 Å². The summed E-state index contributed by atoms with van der Waals surface area (Å²) in [6.07, 6.45) is -1.16. The van der Waals surface area contributed by atoms with Crippen molar-refractivity contribution in [1.82, 2.24) is 0 Å². The maximum atomic E-state index is 9.40. The third kappa shape index (κ3) is 1.79. The van der Waals surface area contributed by atoms with Gasteiger partial charge in [-0.25, -0.2) is 0 Å². The van der Waals surface area contributed by atoms with Crippen molar-refractivity contribution in [3.8, 4) is 0 Å². The molecule has 18 heavy (non-hydrogen) atoms. The smallest absolute Gasteiger partial charge is 0.224 e. The third-order valence-corrected chi connectivity index (χ3v) is 3.50. The van der Waals surface area contributed by atoms with Crippen molar-refractivity contribution in [1.29, 1.82) is 0 Å². The first kappa shape index (κ1) is 12.8. The highest BCUT2D eigenvalue weighted by molar-refractivity contribution is 5.05. The van der Waals surface area contributed by atoms with E-state index in [1.165, 1.54) is 0 Å². The summed E-state index contributed by atoms with van der Waals surface area (Å²) in [5, 5.41) is 9.40. The first-order chi connectivity index (χ1) is 8.27. The Balaban J connectivity index is 1.89. The summed E-state index contributed by atoms with van der Waals surface area (Å²) in [5.41, 5.74) is 0. The first-order valence-electron chi connectivity index (χ1n) is 6.25. The molecule has 0 saturated carbocycles. The van der Waals surface area contributed by atoms with Crippen LogP contribution < -0.4 is 0 Å². The minimum Gasteiger partial charge on any atom is -0.394 e. The topological polar surface area (TPSA) is 66.4 Å². The summed E-state index contributed by atoms with van der Waals surface area (Å²) < 4.78 is 28.9. The highest BCUT2D eigenvalue weighted by atomic mass is 16.9. The fraction of sp³-hybridized carbons (Fsp3) is 1.00. The van der Waals surface area contributed by atoms with Crippen LogP contribution in [0, 0.1) is 0 Å². The van der Waals surface area contributed by atoms with Crippen LogP contribution >= 0.6 is 0 Å². The molecule has 3 heterocycles. The number of ether oxygens (including phenoxy) is 5. The van der Waals surface area contributed by atoms with Crippen LogP contribution in [-0.2, 0) is 23.7 Å². The number of rotatable bonds is 1. The van der Waals surface area contributed by atoms with Gasteiger partial charge >= 0.3 is 0 Å². The Morgan fingerprint density at radius 3 is 2.33 bits per heavy atom. The van der Waals surface area contributed by atoms with Gasteiger partial charge in [0.1, 0.15) is 24.9 Å². The lowest BCUT2D eigenvalue weighted by Gasteiger charge is -2.30. The van der Waals surface area contributed by atoms with E-state index in [1.54, 1.807) is 0 Å². The molecule has 0 aromatic rings. The van der Waals surface area contributed by atoms with Gasteiger partial charge in [0.2, 0.25) is 5.79 Å². The number of fused-ring (bicyclic) bond motifs is 2. The number of aliphatic hydroxyl groups excluding tert-OH is 1. The van der Waals surface area contributed by atoms with E-state index >= 15 is 0 Å². The molecule has 0 bridgehead atoms. The van der Waals surface area contributed by atoms with Gasteiger partial charge in [-0.3, -0.25) is 0 Å². The van der Waals surface area contributed by atoms with Crippen molar-refractivity contribution >= 4 is 0 Å². The normalized spacial score (nSPS) is 48.8. The molecule has 3 rings (SSSR count). The molecule has 0 aliphatic carbocycles. The van der Waals surface area contributed by atoms with Crippen LogP contribution in [0.5, 0.6) is 0 Å². The molecule has 0 aromatic heterocycles. The van der Waals surface area contributed by atoms with Crippen molar-refractivity contribution in [2.24, 2.45) is 0 Å². The first-order valence-corrected chi connectivity index (χ1v) is 6.25. The SMILES string of the molecule is CC1(C)O[C@H]2[C@@H](CO)O[C@@]3(COC(C)(C)O3)[C@H]2O1. The van der Waals surface area contributed by atoms with Gasteiger partial charge < -0.3 is 28.8 Å². The van der Waals surface area contributed by atoms with Crippen LogP contribution in [0.4, 0.5) is 0 Å². The van der Waals surface area contributed by atoms with Crippen LogP contribution in [0.3, 0.4) is 0 Å². The average molecular weight is 260 g/mol. The van der Waals surface area contributed by atoms with Crippen LogP contribution in [0.25, 0.3) is 0 Å². The summed E-state index contributed by atoms with van der Waals surface area (Å²) in [6, 6.07) is 0. The molecule has 1 N–H and O–H groups in total. The molecule has 3 saturated heterocycles. The molecule has 4 atom stereocenters. The van der Waals surface area contributed by atoms with E-state index in [0.29, 0.717) is 0 Å². The predicted molar refractivity (Wildman–Crippen MR) is 59.6 cm³/mol. The van der Waals surface area contributed by atoms with Gasteiger partial charge in [-0.05, 0) is 27.7 Å².